The van der Waals surface area contributed by atoms with Crippen molar-refractivity contribution in [3.63, 3.8) is 0 Å². The first-order valence-electron chi connectivity index (χ1n) is 7.66. The molecule has 4 heteroatoms. The number of para-hydroxylation sites is 1. The fourth-order valence-corrected chi connectivity index (χ4v) is 2.50. The van der Waals surface area contributed by atoms with Gasteiger partial charge in [-0.05, 0) is 41.7 Å². The van der Waals surface area contributed by atoms with Crippen molar-refractivity contribution in [3.05, 3.63) is 59.2 Å². The predicted molar refractivity (Wildman–Crippen MR) is 91.9 cm³/mol. The number of carbonyl (C=O) groups is 1. The van der Waals surface area contributed by atoms with Crippen LogP contribution in [0.1, 0.15) is 42.6 Å². The molecule has 0 saturated carbocycles. The fraction of sp³-hybridized carbons (Fsp3) is 0.316. The van der Waals surface area contributed by atoms with Crippen LogP contribution in [0.4, 0.5) is 5.69 Å². The number of nitrogens with one attached hydrogen (secondary N) is 1. The molecule has 0 bridgehead atoms. The Hall–Kier alpha value is -2.33. The van der Waals surface area contributed by atoms with Crippen LogP contribution in [0.25, 0.3) is 0 Å². The van der Waals surface area contributed by atoms with Crippen molar-refractivity contribution in [2.45, 2.75) is 32.8 Å². The Morgan fingerprint density at radius 1 is 1.17 bits per heavy atom. The number of rotatable bonds is 5. The number of amides is 1. The van der Waals surface area contributed by atoms with E-state index in [2.05, 4.69) is 19.2 Å². The lowest BCUT2D eigenvalue weighted by atomic mass is 9.98. The van der Waals surface area contributed by atoms with Gasteiger partial charge in [0.2, 0.25) is 0 Å². The van der Waals surface area contributed by atoms with Crippen molar-refractivity contribution < 1.29 is 14.6 Å². The van der Waals surface area contributed by atoms with E-state index in [9.17, 15) is 9.90 Å². The molecule has 0 aliphatic rings. The van der Waals surface area contributed by atoms with E-state index in [0.29, 0.717) is 11.3 Å². The molecule has 23 heavy (non-hydrogen) atoms. The minimum atomic E-state index is -1.25. The van der Waals surface area contributed by atoms with Crippen molar-refractivity contribution in [1.82, 2.24) is 0 Å². The van der Waals surface area contributed by atoms with Crippen molar-refractivity contribution in [2.24, 2.45) is 0 Å². The van der Waals surface area contributed by atoms with Crippen LogP contribution in [0.5, 0.6) is 5.75 Å². The minimum Gasteiger partial charge on any atom is -0.497 e. The average molecular weight is 313 g/mol. The number of ether oxygens (including phenoxy) is 1. The summed E-state index contributed by atoms with van der Waals surface area (Å²) in [5.41, 5.74) is 3.30. The van der Waals surface area contributed by atoms with E-state index in [1.807, 2.05) is 25.1 Å². The molecular formula is C19H23NO3. The van der Waals surface area contributed by atoms with Crippen LogP contribution in [0.2, 0.25) is 0 Å². The second-order valence-electron chi connectivity index (χ2n) is 5.86. The molecule has 0 saturated heterocycles. The average Bonchev–Trinajstić information content (AvgIpc) is 2.55. The van der Waals surface area contributed by atoms with E-state index in [1.165, 1.54) is 0 Å². The number of aliphatic hydroxyl groups excluding tert-OH is 1. The van der Waals surface area contributed by atoms with Crippen LogP contribution in [-0.4, -0.2) is 18.1 Å². The Morgan fingerprint density at radius 2 is 1.87 bits per heavy atom. The van der Waals surface area contributed by atoms with Crippen LogP contribution < -0.4 is 10.1 Å². The van der Waals surface area contributed by atoms with E-state index in [1.54, 1.807) is 31.4 Å². The van der Waals surface area contributed by atoms with Gasteiger partial charge in [0.05, 0.1) is 7.11 Å². The van der Waals surface area contributed by atoms with Gasteiger partial charge in [0.15, 0.2) is 6.10 Å². The molecule has 122 valence electrons. The fourth-order valence-electron chi connectivity index (χ4n) is 2.50. The smallest absolute Gasteiger partial charge is 0.257 e. The Bertz CT molecular complexity index is 695. The number of methoxy groups -OCH3 is 1. The number of anilines is 1. The van der Waals surface area contributed by atoms with Gasteiger partial charge >= 0.3 is 0 Å². The van der Waals surface area contributed by atoms with Crippen LogP contribution in [0.3, 0.4) is 0 Å². The SMILES string of the molecule is COc1cccc(C(O)C(=O)Nc2c(C)cccc2C(C)C)c1. The molecule has 0 fully saturated rings. The maximum atomic E-state index is 12.4. The van der Waals surface area contributed by atoms with Crippen molar-refractivity contribution >= 4 is 11.6 Å². The molecule has 1 amide bonds. The Labute approximate surface area is 137 Å². The van der Waals surface area contributed by atoms with Crippen molar-refractivity contribution in [2.75, 3.05) is 12.4 Å². The minimum absolute atomic E-state index is 0.277. The molecule has 0 radical (unpaired) electrons. The molecule has 0 aliphatic heterocycles. The van der Waals surface area contributed by atoms with Crippen molar-refractivity contribution in [1.29, 1.82) is 0 Å². The number of carbonyl (C=O) groups excluding carboxylic acids is 1. The Kier molecular flexibility index (Phi) is 5.40. The molecule has 0 aliphatic carbocycles. The van der Waals surface area contributed by atoms with E-state index in [0.717, 1.165) is 16.8 Å². The molecule has 2 rings (SSSR count). The highest BCUT2D eigenvalue weighted by Crippen LogP contribution is 2.29. The zero-order valence-corrected chi connectivity index (χ0v) is 14.0. The molecule has 1 atom stereocenters. The normalized spacial score (nSPS) is 12.1. The molecule has 0 aromatic heterocycles. The van der Waals surface area contributed by atoms with Gasteiger partial charge in [0.1, 0.15) is 5.75 Å². The molecule has 2 aromatic rings. The zero-order chi connectivity index (χ0) is 17.0. The molecule has 2 aromatic carbocycles. The molecule has 1 unspecified atom stereocenters. The predicted octanol–water partition coefficient (Wildman–Crippen LogP) is 3.80. The Morgan fingerprint density at radius 3 is 2.52 bits per heavy atom. The quantitative estimate of drug-likeness (QED) is 0.882. The molecule has 2 N–H and O–H groups in total. The highest BCUT2D eigenvalue weighted by Gasteiger charge is 2.20. The molecule has 0 heterocycles. The van der Waals surface area contributed by atoms with Gasteiger partial charge in [0, 0.05) is 5.69 Å². The highest BCUT2D eigenvalue weighted by molar-refractivity contribution is 5.96. The van der Waals surface area contributed by atoms with Gasteiger partial charge in [-0.3, -0.25) is 4.79 Å². The summed E-state index contributed by atoms with van der Waals surface area (Å²) in [5.74, 6) is 0.432. The van der Waals surface area contributed by atoms with Gasteiger partial charge in [0.25, 0.3) is 5.91 Å². The summed E-state index contributed by atoms with van der Waals surface area (Å²) in [7, 11) is 1.55. The number of benzene rings is 2. The van der Waals surface area contributed by atoms with E-state index < -0.39 is 12.0 Å². The lowest BCUT2D eigenvalue weighted by Crippen LogP contribution is -2.22. The topological polar surface area (TPSA) is 58.6 Å². The van der Waals surface area contributed by atoms with E-state index >= 15 is 0 Å². The Balaban J connectivity index is 2.25. The van der Waals surface area contributed by atoms with Crippen molar-refractivity contribution in [3.8, 4) is 5.75 Å². The summed E-state index contributed by atoms with van der Waals surface area (Å²) in [6.45, 7) is 6.09. The largest absolute Gasteiger partial charge is 0.497 e. The van der Waals surface area contributed by atoms with Crippen LogP contribution >= 0.6 is 0 Å². The van der Waals surface area contributed by atoms with E-state index in [4.69, 9.17) is 4.74 Å². The second-order valence-corrected chi connectivity index (χ2v) is 5.86. The lowest BCUT2D eigenvalue weighted by molar-refractivity contribution is -0.124. The maximum absolute atomic E-state index is 12.4. The number of hydrogen-bond donors (Lipinski definition) is 2. The first-order valence-corrected chi connectivity index (χ1v) is 7.66. The molecular weight excluding hydrogens is 290 g/mol. The van der Waals surface area contributed by atoms with Gasteiger partial charge in [-0.2, -0.15) is 0 Å². The van der Waals surface area contributed by atoms with Gasteiger partial charge in [-0.1, -0.05) is 44.2 Å². The third-order valence-corrected chi connectivity index (χ3v) is 3.83. The summed E-state index contributed by atoms with van der Waals surface area (Å²) in [6.07, 6.45) is -1.25. The highest BCUT2D eigenvalue weighted by atomic mass is 16.5. The number of hydrogen-bond acceptors (Lipinski definition) is 3. The number of aryl methyl sites for hydroxylation is 1. The maximum Gasteiger partial charge on any atom is 0.257 e. The zero-order valence-electron chi connectivity index (χ0n) is 14.0. The summed E-state index contributed by atoms with van der Waals surface area (Å²) >= 11 is 0. The van der Waals surface area contributed by atoms with Crippen LogP contribution in [0, 0.1) is 6.92 Å². The van der Waals surface area contributed by atoms with Crippen LogP contribution in [0.15, 0.2) is 42.5 Å². The van der Waals surface area contributed by atoms with Gasteiger partial charge in [-0.15, -0.1) is 0 Å². The summed E-state index contributed by atoms with van der Waals surface area (Å²) < 4.78 is 5.13. The number of aliphatic hydroxyl groups is 1. The standard InChI is InChI=1S/C19H23NO3/c1-12(2)16-10-5-7-13(3)17(16)20-19(22)18(21)14-8-6-9-15(11-14)23-4/h5-12,18,21H,1-4H3,(H,20,22). The second kappa shape index (κ2) is 7.29. The first-order chi connectivity index (χ1) is 10.9. The first kappa shape index (κ1) is 17.0. The summed E-state index contributed by atoms with van der Waals surface area (Å²) in [4.78, 5) is 12.4. The lowest BCUT2D eigenvalue weighted by Gasteiger charge is -2.18. The molecule has 0 spiro atoms. The summed E-state index contributed by atoms with van der Waals surface area (Å²) in [6, 6.07) is 12.8. The molecule has 4 nitrogen and oxygen atoms in total. The van der Waals surface area contributed by atoms with Gasteiger partial charge < -0.3 is 15.2 Å². The third kappa shape index (κ3) is 3.90. The van der Waals surface area contributed by atoms with Gasteiger partial charge in [-0.25, -0.2) is 0 Å². The monoisotopic (exact) mass is 313 g/mol. The van der Waals surface area contributed by atoms with E-state index in [-0.39, 0.29) is 5.92 Å². The summed E-state index contributed by atoms with van der Waals surface area (Å²) in [5, 5.41) is 13.2. The van der Waals surface area contributed by atoms with Crippen LogP contribution in [-0.2, 0) is 4.79 Å². The third-order valence-electron chi connectivity index (χ3n) is 3.83.